The molecule has 0 saturated heterocycles. The summed E-state index contributed by atoms with van der Waals surface area (Å²) in [5.74, 6) is -0.913. The van der Waals surface area contributed by atoms with E-state index in [1.165, 1.54) is 66.8 Å². The zero-order chi connectivity index (χ0) is 44.0. The van der Waals surface area contributed by atoms with E-state index in [-0.39, 0.29) is 32.6 Å². The Hall–Kier alpha value is -2.64. The van der Waals surface area contributed by atoms with Gasteiger partial charge in [-0.15, -0.1) is 0 Å². The van der Waals surface area contributed by atoms with Gasteiger partial charge in [0.2, 0.25) is 0 Å². The second kappa shape index (κ2) is 27.4. The molecule has 0 amide bonds. The minimum absolute atomic E-state index is 0.0270. The van der Waals surface area contributed by atoms with Crippen molar-refractivity contribution in [3.8, 4) is 0 Å². The topological polar surface area (TPSA) is 142 Å². The minimum atomic E-state index is -4.42. The summed E-state index contributed by atoms with van der Waals surface area (Å²) in [7, 11) is -4.42. The van der Waals surface area contributed by atoms with E-state index in [4.69, 9.17) is 24.3 Å². The molecule has 1 aromatic heterocycles. The molecule has 1 aromatic rings. The van der Waals surface area contributed by atoms with Crippen molar-refractivity contribution in [1.29, 1.82) is 0 Å². The number of rotatable bonds is 34. The second-order valence-electron chi connectivity index (χ2n) is 16.9. The normalized spacial score (nSPS) is 16.1. The van der Waals surface area contributed by atoms with Crippen LogP contribution in [0.3, 0.4) is 0 Å². The Kier molecular flexibility index (Phi) is 23.6. The van der Waals surface area contributed by atoms with Crippen molar-refractivity contribution in [2.45, 2.75) is 195 Å². The molecule has 3 heterocycles. The Morgan fingerprint density at radius 2 is 1.30 bits per heavy atom. The highest BCUT2D eigenvalue weighted by atomic mass is 31.2. The molecule has 2 aliphatic rings. The summed E-state index contributed by atoms with van der Waals surface area (Å²) in [5, 5.41) is 0. The molecule has 0 spiro atoms. The molecule has 3 N–H and O–H groups in total. The van der Waals surface area contributed by atoms with E-state index >= 15 is 8.63 Å². The molecule has 0 radical (unpaired) electrons. The molecule has 342 valence electrons. The number of phosphoric acid groups is 1. The molecule has 0 aliphatic carbocycles. The van der Waals surface area contributed by atoms with E-state index < -0.39 is 39.4 Å². The molecule has 0 bridgehead atoms. The number of fused-ring (bicyclic) bond motifs is 2. The van der Waals surface area contributed by atoms with Crippen LogP contribution < -0.4 is 5.73 Å². The number of aromatic nitrogens is 1. The molecular weight excluding hydrogens is 790 g/mol. The van der Waals surface area contributed by atoms with Gasteiger partial charge in [0, 0.05) is 49.2 Å². The van der Waals surface area contributed by atoms with Crippen LogP contribution in [0.25, 0.3) is 5.57 Å². The van der Waals surface area contributed by atoms with Gasteiger partial charge in [-0.05, 0) is 63.8 Å². The number of nitrogens with zero attached hydrogens (tertiary/aromatic N) is 2. The van der Waals surface area contributed by atoms with Gasteiger partial charge in [0.25, 0.3) is 0 Å². The van der Waals surface area contributed by atoms with Crippen LogP contribution in [0.4, 0.5) is 8.63 Å². The lowest BCUT2D eigenvalue weighted by molar-refractivity contribution is -0.363. The lowest BCUT2D eigenvalue weighted by Crippen LogP contribution is -2.51. The third-order valence-electron chi connectivity index (χ3n) is 11.6. The number of aryl methyl sites for hydroxylation is 2. The fourth-order valence-corrected chi connectivity index (χ4v) is 9.35. The van der Waals surface area contributed by atoms with Crippen LogP contribution in [0, 0.1) is 13.8 Å². The Balaban J connectivity index is 1.31. The number of halogens is 2. The van der Waals surface area contributed by atoms with Crippen molar-refractivity contribution < 1.29 is 50.7 Å². The first-order valence-electron chi connectivity index (χ1n) is 23.2. The highest BCUT2D eigenvalue weighted by Gasteiger charge is 2.54. The lowest BCUT2D eigenvalue weighted by atomic mass is 9.84. The SMILES string of the molecule is CCCCCCCCCCCCCCCC(=O)OC[C@H](COP(=O)(O)OCCN)OC(=O)CCCCCCCCCCC1=C2C(C)=CC(C)=[N+]2[B-](F)(F)n2c(C)cc(C)c21. The molecule has 2 aliphatic heterocycles. The Labute approximate surface area is 359 Å². The standard InChI is InChI=1S/C45H77BF2N3O8P/c1-6-7-8-9-10-11-12-13-14-15-19-22-25-28-42(52)56-34-40(35-58-60(54,55)57-31-30-49)59-43(53)29-26-23-20-17-16-18-21-24-27-41-44-36(2)32-38(4)50(44)46(47,48)51-39(5)33-37(3)45(41)51/h32-33,40H,6-31,34-35,49H2,1-5H3,(H,54,55)/t40-/m1/s1. The highest BCUT2D eigenvalue weighted by molar-refractivity contribution is 7.47. The van der Waals surface area contributed by atoms with E-state index in [2.05, 4.69) is 6.92 Å². The predicted molar refractivity (Wildman–Crippen MR) is 237 cm³/mol. The summed E-state index contributed by atoms with van der Waals surface area (Å²) in [6.07, 6.45) is 25.0. The fourth-order valence-electron chi connectivity index (χ4n) is 8.59. The van der Waals surface area contributed by atoms with Crippen molar-refractivity contribution in [2.75, 3.05) is 26.4 Å². The number of nitrogens with two attached hydrogens (primary N) is 1. The summed E-state index contributed by atoms with van der Waals surface area (Å²) < 4.78 is 67.0. The van der Waals surface area contributed by atoms with Gasteiger partial charge >= 0.3 is 26.7 Å². The molecule has 0 fully saturated rings. The molecule has 0 saturated carbocycles. The molecule has 11 nitrogen and oxygen atoms in total. The molecule has 3 rings (SSSR count). The molecular formula is C45H77BF2N3O8P. The summed E-state index contributed by atoms with van der Waals surface area (Å²) in [5.41, 5.74) is 10.7. The minimum Gasteiger partial charge on any atom is -0.462 e. The number of esters is 2. The van der Waals surface area contributed by atoms with Crippen LogP contribution in [0.5, 0.6) is 0 Å². The molecule has 15 heteroatoms. The Morgan fingerprint density at radius 3 is 1.85 bits per heavy atom. The highest BCUT2D eigenvalue weighted by Crippen LogP contribution is 2.44. The average Bonchev–Trinajstić information content (AvgIpc) is 3.69. The largest absolute Gasteiger partial charge is 0.737 e. The maximum atomic E-state index is 15.8. The van der Waals surface area contributed by atoms with Gasteiger partial charge in [-0.3, -0.25) is 18.6 Å². The third kappa shape index (κ3) is 17.3. The number of phosphoric ester groups is 1. The van der Waals surface area contributed by atoms with Crippen LogP contribution >= 0.6 is 7.82 Å². The number of ether oxygens (including phenoxy) is 2. The van der Waals surface area contributed by atoms with Crippen molar-refractivity contribution in [3.05, 3.63) is 40.4 Å². The lowest BCUT2D eigenvalue weighted by Gasteiger charge is -2.34. The van der Waals surface area contributed by atoms with Gasteiger partial charge in [0.05, 0.1) is 13.2 Å². The van der Waals surface area contributed by atoms with E-state index in [0.29, 0.717) is 35.6 Å². The van der Waals surface area contributed by atoms with Crippen molar-refractivity contribution in [3.63, 3.8) is 0 Å². The van der Waals surface area contributed by atoms with E-state index in [0.717, 1.165) is 87.3 Å². The molecule has 2 atom stereocenters. The quantitative estimate of drug-likeness (QED) is 0.0299. The Bertz CT molecular complexity index is 1650. The number of allylic oxidation sites excluding steroid dienone is 3. The summed E-state index contributed by atoms with van der Waals surface area (Å²) >= 11 is 0. The Morgan fingerprint density at radius 1 is 0.783 bits per heavy atom. The first-order chi connectivity index (χ1) is 28.7. The zero-order valence-corrected chi connectivity index (χ0v) is 38.5. The summed E-state index contributed by atoms with van der Waals surface area (Å²) in [6, 6.07) is 1.87. The first kappa shape index (κ1) is 51.7. The zero-order valence-electron chi connectivity index (χ0n) is 37.6. The fraction of sp³-hybridized carbons (Fsp3) is 0.756. The first-order valence-corrected chi connectivity index (χ1v) is 24.7. The average molecular weight is 868 g/mol. The predicted octanol–water partition coefficient (Wildman–Crippen LogP) is 11.4. The second-order valence-corrected chi connectivity index (χ2v) is 18.4. The van der Waals surface area contributed by atoms with Gasteiger partial charge in [0.15, 0.2) is 11.8 Å². The van der Waals surface area contributed by atoms with Crippen molar-refractivity contribution in [2.24, 2.45) is 5.73 Å². The van der Waals surface area contributed by atoms with Crippen LogP contribution in [0.1, 0.15) is 192 Å². The van der Waals surface area contributed by atoms with E-state index in [9.17, 15) is 19.0 Å². The summed E-state index contributed by atoms with van der Waals surface area (Å²) in [4.78, 5) is 35.1. The monoisotopic (exact) mass is 868 g/mol. The van der Waals surface area contributed by atoms with Crippen LogP contribution in [0.15, 0.2) is 23.4 Å². The third-order valence-corrected chi connectivity index (χ3v) is 12.6. The van der Waals surface area contributed by atoms with Crippen LogP contribution in [-0.4, -0.2) is 70.9 Å². The smallest absolute Gasteiger partial charge is 0.462 e. The van der Waals surface area contributed by atoms with Gasteiger partial charge < -0.3 is 37.7 Å². The van der Waals surface area contributed by atoms with E-state index in [1.807, 2.05) is 26.0 Å². The molecule has 1 unspecified atom stereocenters. The van der Waals surface area contributed by atoms with Crippen molar-refractivity contribution in [1.82, 2.24) is 4.48 Å². The van der Waals surface area contributed by atoms with Crippen molar-refractivity contribution >= 4 is 38.0 Å². The van der Waals surface area contributed by atoms with Crippen LogP contribution in [-0.2, 0) is 32.7 Å². The van der Waals surface area contributed by atoms with Gasteiger partial charge in [-0.2, -0.15) is 0 Å². The number of carbonyl (C=O) groups excluding carboxylic acids is 2. The van der Waals surface area contributed by atoms with Crippen LogP contribution in [0.2, 0.25) is 0 Å². The summed E-state index contributed by atoms with van der Waals surface area (Å²) in [6.45, 7) is 4.75. The number of carbonyl (C=O) groups is 2. The van der Waals surface area contributed by atoms with Gasteiger partial charge in [-0.1, -0.05) is 122 Å². The molecule has 0 aromatic carbocycles. The number of unbranched alkanes of at least 4 members (excludes halogenated alkanes) is 19. The maximum Gasteiger partial charge on any atom is 0.737 e. The van der Waals surface area contributed by atoms with Gasteiger partial charge in [0.1, 0.15) is 12.3 Å². The number of hydrogen-bond acceptors (Lipinski definition) is 8. The number of hydrogen-bond donors (Lipinski definition) is 2. The molecule has 60 heavy (non-hydrogen) atoms. The van der Waals surface area contributed by atoms with E-state index in [1.54, 1.807) is 13.8 Å². The maximum absolute atomic E-state index is 15.8. The van der Waals surface area contributed by atoms with Gasteiger partial charge in [-0.25, -0.2) is 4.57 Å².